The molecule has 9 heteroatoms. The Bertz CT molecular complexity index is 1180. The number of fused-ring (bicyclic) bond motifs is 1. The zero-order valence-corrected chi connectivity index (χ0v) is 16.7. The molecule has 0 aliphatic carbocycles. The number of aromatic nitrogens is 4. The number of nitrogens with zero attached hydrogens (tertiary/aromatic N) is 3. The van der Waals surface area contributed by atoms with Gasteiger partial charge in [0.15, 0.2) is 0 Å². The molecule has 0 saturated heterocycles. The highest BCUT2D eigenvalue weighted by atomic mass is 35.5. The van der Waals surface area contributed by atoms with Crippen LogP contribution >= 0.6 is 11.6 Å². The van der Waals surface area contributed by atoms with E-state index in [1.165, 1.54) is 4.68 Å². The largest absolute Gasteiger partial charge is 0.361 e. The number of para-hydroxylation sites is 1. The van der Waals surface area contributed by atoms with E-state index >= 15 is 0 Å². The monoisotopic (exact) mass is 422 g/mol. The predicted molar refractivity (Wildman–Crippen MR) is 114 cm³/mol. The molecule has 0 spiro atoms. The second-order valence-corrected chi connectivity index (χ2v) is 7.21. The molecule has 30 heavy (non-hydrogen) atoms. The summed E-state index contributed by atoms with van der Waals surface area (Å²) in [5.74, 6) is -0.355. The Morgan fingerprint density at radius 1 is 1.07 bits per heavy atom. The molecular formula is C21H19ClN6O2. The zero-order valence-electron chi connectivity index (χ0n) is 15.9. The second kappa shape index (κ2) is 8.79. The molecule has 0 aliphatic rings. The van der Waals surface area contributed by atoms with E-state index in [0.29, 0.717) is 16.4 Å². The summed E-state index contributed by atoms with van der Waals surface area (Å²) in [6.45, 7) is 0.249. The van der Waals surface area contributed by atoms with Crippen LogP contribution < -0.4 is 10.6 Å². The van der Waals surface area contributed by atoms with Crippen LogP contribution in [0.3, 0.4) is 0 Å². The van der Waals surface area contributed by atoms with Gasteiger partial charge in [-0.2, -0.15) is 0 Å². The van der Waals surface area contributed by atoms with E-state index in [-0.39, 0.29) is 31.3 Å². The first-order chi connectivity index (χ1) is 14.6. The van der Waals surface area contributed by atoms with Crippen LogP contribution in [-0.4, -0.2) is 31.8 Å². The summed E-state index contributed by atoms with van der Waals surface area (Å²) in [5.41, 5.74) is 3.15. The Labute approximate surface area is 177 Å². The van der Waals surface area contributed by atoms with Gasteiger partial charge in [0.2, 0.25) is 11.8 Å². The van der Waals surface area contributed by atoms with E-state index < -0.39 is 0 Å². The summed E-state index contributed by atoms with van der Waals surface area (Å²) in [4.78, 5) is 27.6. The number of H-pyrrole nitrogens is 1. The van der Waals surface area contributed by atoms with Crippen LogP contribution in [-0.2, 0) is 29.1 Å². The van der Waals surface area contributed by atoms with Crippen molar-refractivity contribution >= 4 is 40.0 Å². The van der Waals surface area contributed by atoms with E-state index in [0.717, 1.165) is 16.5 Å². The lowest BCUT2D eigenvalue weighted by Gasteiger charge is -2.05. The van der Waals surface area contributed by atoms with Crippen molar-refractivity contribution in [3.63, 3.8) is 0 Å². The number of carbonyl (C=O) groups is 2. The first-order valence-corrected chi connectivity index (χ1v) is 9.71. The predicted octanol–water partition coefficient (Wildman–Crippen LogP) is 2.91. The van der Waals surface area contributed by atoms with Gasteiger partial charge in [-0.25, -0.2) is 4.68 Å². The van der Waals surface area contributed by atoms with Crippen LogP contribution in [0, 0.1) is 0 Å². The van der Waals surface area contributed by atoms with E-state index in [1.54, 1.807) is 30.5 Å². The van der Waals surface area contributed by atoms with Gasteiger partial charge in [-0.05, 0) is 35.9 Å². The minimum Gasteiger partial charge on any atom is -0.361 e. The van der Waals surface area contributed by atoms with E-state index in [1.807, 2.05) is 30.5 Å². The molecule has 152 valence electrons. The number of halogens is 1. The third kappa shape index (κ3) is 4.84. The summed E-state index contributed by atoms with van der Waals surface area (Å²) in [6.07, 6.45) is 3.74. The van der Waals surface area contributed by atoms with Gasteiger partial charge >= 0.3 is 0 Å². The van der Waals surface area contributed by atoms with Crippen molar-refractivity contribution in [2.24, 2.45) is 0 Å². The highest BCUT2D eigenvalue weighted by Gasteiger charge is 2.10. The third-order valence-corrected chi connectivity index (χ3v) is 4.76. The van der Waals surface area contributed by atoms with Crippen molar-refractivity contribution in [3.05, 3.63) is 77.2 Å². The molecule has 2 heterocycles. The van der Waals surface area contributed by atoms with Gasteiger partial charge in [-0.15, -0.1) is 5.10 Å². The Hall–Kier alpha value is -3.65. The summed E-state index contributed by atoms with van der Waals surface area (Å²) in [6, 6.07) is 14.7. The summed E-state index contributed by atoms with van der Waals surface area (Å²) < 4.78 is 1.42. The number of anilines is 1. The smallest absolute Gasteiger partial charge is 0.246 e. The Morgan fingerprint density at radius 2 is 1.87 bits per heavy atom. The first-order valence-electron chi connectivity index (χ1n) is 9.33. The average molecular weight is 423 g/mol. The molecule has 0 atom stereocenters. The fraction of sp³-hybridized carbons (Fsp3) is 0.143. The van der Waals surface area contributed by atoms with Crippen LogP contribution in [0.4, 0.5) is 5.69 Å². The van der Waals surface area contributed by atoms with Crippen LogP contribution in [0.25, 0.3) is 10.9 Å². The number of nitrogens with one attached hydrogen (secondary N) is 3. The maximum atomic E-state index is 12.3. The van der Waals surface area contributed by atoms with Gasteiger partial charge in [0.25, 0.3) is 0 Å². The van der Waals surface area contributed by atoms with Crippen molar-refractivity contribution in [1.82, 2.24) is 25.3 Å². The fourth-order valence-electron chi connectivity index (χ4n) is 3.08. The van der Waals surface area contributed by atoms with Crippen LogP contribution in [0.5, 0.6) is 0 Å². The molecule has 0 saturated carbocycles. The summed E-state index contributed by atoms with van der Waals surface area (Å²) >= 11 is 5.83. The molecule has 2 aromatic carbocycles. The molecular weight excluding hydrogens is 404 g/mol. The lowest BCUT2D eigenvalue weighted by molar-refractivity contribution is -0.120. The van der Waals surface area contributed by atoms with Gasteiger partial charge in [0.05, 0.1) is 19.2 Å². The minimum absolute atomic E-state index is 0.0128. The maximum Gasteiger partial charge on any atom is 0.246 e. The minimum atomic E-state index is -0.239. The van der Waals surface area contributed by atoms with Crippen LogP contribution in [0.2, 0.25) is 5.02 Å². The van der Waals surface area contributed by atoms with Gasteiger partial charge in [0.1, 0.15) is 12.2 Å². The topological polar surface area (TPSA) is 105 Å². The molecule has 3 N–H and O–H groups in total. The van der Waals surface area contributed by atoms with E-state index in [2.05, 4.69) is 25.9 Å². The molecule has 0 unspecified atom stereocenters. The summed E-state index contributed by atoms with van der Waals surface area (Å²) in [7, 11) is 0. The Balaban J connectivity index is 1.27. The quantitative estimate of drug-likeness (QED) is 0.426. The summed E-state index contributed by atoms with van der Waals surface area (Å²) in [5, 5.41) is 15.2. The molecule has 2 amide bonds. The van der Waals surface area contributed by atoms with Crippen LogP contribution in [0.1, 0.15) is 11.3 Å². The van der Waals surface area contributed by atoms with Crippen molar-refractivity contribution in [3.8, 4) is 0 Å². The average Bonchev–Trinajstić information content (AvgIpc) is 3.35. The fourth-order valence-corrected chi connectivity index (χ4v) is 3.21. The highest BCUT2D eigenvalue weighted by molar-refractivity contribution is 6.30. The van der Waals surface area contributed by atoms with Gasteiger partial charge in [-0.1, -0.05) is 35.0 Å². The van der Waals surface area contributed by atoms with E-state index in [4.69, 9.17) is 11.6 Å². The van der Waals surface area contributed by atoms with Crippen molar-refractivity contribution in [1.29, 1.82) is 0 Å². The number of hydrogen-bond acceptors (Lipinski definition) is 4. The molecule has 0 fully saturated rings. The molecule has 0 aliphatic heterocycles. The molecule has 4 rings (SSSR count). The SMILES string of the molecule is O=C(Cc1c[nH]c2ccccc12)NCc1cn(CC(=O)Nc2ccc(Cl)cc2)nn1. The highest BCUT2D eigenvalue weighted by Crippen LogP contribution is 2.18. The second-order valence-electron chi connectivity index (χ2n) is 6.78. The maximum absolute atomic E-state index is 12.3. The molecule has 4 aromatic rings. The van der Waals surface area contributed by atoms with Crippen molar-refractivity contribution < 1.29 is 9.59 Å². The molecule has 0 bridgehead atoms. The molecule has 8 nitrogen and oxygen atoms in total. The van der Waals surface area contributed by atoms with E-state index in [9.17, 15) is 9.59 Å². The number of rotatable bonds is 7. The number of amides is 2. The Kier molecular flexibility index (Phi) is 5.76. The third-order valence-electron chi connectivity index (χ3n) is 4.51. The van der Waals surface area contributed by atoms with Crippen molar-refractivity contribution in [2.45, 2.75) is 19.5 Å². The zero-order chi connectivity index (χ0) is 20.9. The van der Waals surface area contributed by atoms with Gasteiger partial charge < -0.3 is 15.6 Å². The lowest BCUT2D eigenvalue weighted by atomic mass is 10.1. The number of benzene rings is 2. The number of hydrogen-bond donors (Lipinski definition) is 3. The standard InChI is InChI=1S/C21H19ClN6O2/c22-15-5-7-16(8-6-15)25-21(30)13-28-12-17(26-27-28)11-24-20(29)9-14-10-23-19-4-2-1-3-18(14)19/h1-8,10,12,23H,9,11,13H2,(H,24,29)(H,25,30). The molecule has 2 aromatic heterocycles. The lowest BCUT2D eigenvalue weighted by Crippen LogP contribution is -2.24. The number of aromatic amines is 1. The number of carbonyl (C=O) groups excluding carboxylic acids is 2. The normalized spacial score (nSPS) is 10.8. The van der Waals surface area contributed by atoms with Crippen molar-refractivity contribution in [2.75, 3.05) is 5.32 Å². The Morgan fingerprint density at radius 3 is 2.70 bits per heavy atom. The first kappa shape index (κ1) is 19.7. The van der Waals surface area contributed by atoms with Gasteiger partial charge in [0, 0.05) is 27.8 Å². The van der Waals surface area contributed by atoms with Gasteiger partial charge in [-0.3, -0.25) is 9.59 Å². The molecule has 0 radical (unpaired) electrons. The van der Waals surface area contributed by atoms with Crippen LogP contribution in [0.15, 0.2) is 60.9 Å².